The van der Waals surface area contributed by atoms with E-state index in [-0.39, 0.29) is 30.9 Å². The van der Waals surface area contributed by atoms with E-state index >= 15 is 0 Å². The van der Waals surface area contributed by atoms with E-state index in [1.165, 1.54) is 0 Å². The predicted octanol–water partition coefficient (Wildman–Crippen LogP) is 7.87. The molecule has 7 nitrogen and oxygen atoms in total. The SMILES string of the molecule is O=C(O)c1ccc(SC[C@H]2C[C@@H](c3ccc(CO)cc3)O[C@@H](c3ccc(-c4cccc(CNC(=O)C(Cl)(Cl)Cl)c4)cc3)O2)cc1. The third-order valence-corrected chi connectivity index (χ3v) is 8.96. The molecule has 0 aromatic heterocycles. The molecule has 45 heavy (non-hydrogen) atoms. The maximum atomic E-state index is 11.9. The van der Waals surface area contributed by atoms with Crippen LogP contribution < -0.4 is 5.32 Å². The van der Waals surface area contributed by atoms with E-state index in [1.807, 2.05) is 72.8 Å². The van der Waals surface area contributed by atoms with Gasteiger partial charge in [-0.15, -0.1) is 11.8 Å². The van der Waals surface area contributed by atoms with Crippen LogP contribution in [0.25, 0.3) is 11.1 Å². The van der Waals surface area contributed by atoms with Crippen molar-refractivity contribution in [2.24, 2.45) is 0 Å². The second-order valence-corrected chi connectivity index (χ2v) is 13.9. The Morgan fingerprint density at radius 1 is 0.844 bits per heavy atom. The van der Waals surface area contributed by atoms with Crippen LogP contribution in [0.1, 0.15) is 51.4 Å². The monoisotopic (exact) mass is 685 g/mol. The first kappa shape index (κ1) is 33.3. The summed E-state index contributed by atoms with van der Waals surface area (Å²) < 4.78 is 10.9. The van der Waals surface area contributed by atoms with Crippen LogP contribution in [0.15, 0.2) is 102 Å². The van der Waals surface area contributed by atoms with Crippen molar-refractivity contribution in [3.05, 3.63) is 125 Å². The molecular formula is C34H30Cl3NO6S. The molecule has 1 fully saturated rings. The topological polar surface area (TPSA) is 105 Å². The van der Waals surface area contributed by atoms with E-state index < -0.39 is 22.0 Å². The number of carboxylic acid groups (broad SMARTS) is 1. The Hall–Kier alpha value is -3.08. The van der Waals surface area contributed by atoms with Gasteiger partial charge < -0.3 is 25.0 Å². The molecule has 0 radical (unpaired) electrons. The quantitative estimate of drug-likeness (QED) is 0.115. The molecule has 0 bridgehead atoms. The van der Waals surface area contributed by atoms with Crippen molar-refractivity contribution in [2.75, 3.05) is 5.75 Å². The Balaban J connectivity index is 1.31. The lowest BCUT2D eigenvalue weighted by atomic mass is 9.99. The van der Waals surface area contributed by atoms with Crippen LogP contribution >= 0.6 is 46.6 Å². The van der Waals surface area contributed by atoms with Gasteiger partial charge in [-0.25, -0.2) is 4.79 Å². The lowest BCUT2D eigenvalue weighted by Crippen LogP contribution is -2.33. The van der Waals surface area contributed by atoms with Crippen LogP contribution in [-0.4, -0.2) is 37.7 Å². The van der Waals surface area contributed by atoms with Crippen molar-refractivity contribution < 1.29 is 29.3 Å². The lowest BCUT2D eigenvalue weighted by Gasteiger charge is -2.36. The van der Waals surface area contributed by atoms with E-state index in [9.17, 15) is 19.8 Å². The minimum atomic E-state index is -2.02. The number of halogens is 3. The number of hydrogen-bond donors (Lipinski definition) is 3. The summed E-state index contributed by atoms with van der Waals surface area (Å²) in [5.41, 5.74) is 5.71. The molecule has 1 aliphatic heterocycles. The fourth-order valence-electron chi connectivity index (χ4n) is 4.88. The molecule has 0 saturated carbocycles. The number of ether oxygens (including phenoxy) is 2. The Labute approximate surface area is 280 Å². The first-order chi connectivity index (χ1) is 21.6. The highest BCUT2D eigenvalue weighted by Crippen LogP contribution is 2.40. The summed E-state index contributed by atoms with van der Waals surface area (Å²) in [6.07, 6.45) is -0.348. The number of aliphatic hydroxyl groups excluding tert-OH is 1. The number of carbonyl (C=O) groups excluding carboxylic acids is 1. The van der Waals surface area contributed by atoms with Gasteiger partial charge in [0.2, 0.25) is 0 Å². The van der Waals surface area contributed by atoms with Crippen LogP contribution in [0.3, 0.4) is 0 Å². The zero-order chi connectivity index (χ0) is 32.0. The number of nitrogens with one attached hydrogen (secondary N) is 1. The molecule has 234 valence electrons. The van der Waals surface area contributed by atoms with Gasteiger partial charge in [-0.2, -0.15) is 0 Å². The average molecular weight is 687 g/mol. The molecule has 4 aromatic rings. The van der Waals surface area contributed by atoms with E-state index in [0.717, 1.165) is 38.3 Å². The molecule has 11 heteroatoms. The van der Waals surface area contributed by atoms with Gasteiger partial charge in [-0.1, -0.05) is 102 Å². The fraction of sp³-hybridized carbons (Fsp3) is 0.235. The maximum Gasteiger partial charge on any atom is 0.335 e. The second kappa shape index (κ2) is 15.0. The Morgan fingerprint density at radius 2 is 1.53 bits per heavy atom. The maximum absolute atomic E-state index is 11.9. The summed E-state index contributed by atoms with van der Waals surface area (Å²) in [6, 6.07) is 30.2. The molecule has 0 aliphatic carbocycles. The fourth-order valence-corrected chi connectivity index (χ4v) is 6.00. The number of carbonyl (C=O) groups is 2. The number of aliphatic hydroxyl groups is 1. The molecular weight excluding hydrogens is 657 g/mol. The van der Waals surface area contributed by atoms with Gasteiger partial charge in [0.25, 0.3) is 9.70 Å². The van der Waals surface area contributed by atoms with E-state index in [4.69, 9.17) is 44.3 Å². The summed E-state index contributed by atoms with van der Waals surface area (Å²) in [6.45, 7) is 0.183. The van der Waals surface area contributed by atoms with Crippen LogP contribution in [0.4, 0.5) is 0 Å². The minimum Gasteiger partial charge on any atom is -0.478 e. The highest BCUT2D eigenvalue weighted by molar-refractivity contribution is 7.99. The van der Waals surface area contributed by atoms with Crippen molar-refractivity contribution in [1.29, 1.82) is 0 Å². The highest BCUT2D eigenvalue weighted by atomic mass is 35.6. The predicted molar refractivity (Wildman–Crippen MR) is 177 cm³/mol. The minimum absolute atomic E-state index is 0.0314. The number of aromatic carboxylic acids is 1. The second-order valence-electron chi connectivity index (χ2n) is 10.5. The molecule has 1 amide bonds. The lowest BCUT2D eigenvalue weighted by molar-refractivity contribution is -0.245. The summed E-state index contributed by atoms with van der Waals surface area (Å²) in [5, 5.41) is 21.3. The van der Waals surface area contributed by atoms with Crippen LogP contribution in [0.5, 0.6) is 0 Å². The van der Waals surface area contributed by atoms with Gasteiger partial charge in [0, 0.05) is 29.2 Å². The number of benzene rings is 4. The van der Waals surface area contributed by atoms with E-state index in [1.54, 1.807) is 36.0 Å². The average Bonchev–Trinajstić information content (AvgIpc) is 3.06. The number of hydrogen-bond acceptors (Lipinski definition) is 6. The molecule has 4 aromatic carbocycles. The standard InChI is InChI=1S/C34H30Cl3NO6S/c35-34(36,37)33(42)38-18-22-2-1-3-27(16-22)23-8-10-26(11-9-23)32-43-28(20-45-29-14-12-25(13-15-29)31(40)41)17-30(44-32)24-6-4-21(19-39)5-7-24/h1-16,28,30,32,39H,17-20H2,(H,38,42)(H,40,41)/t28-,30+,32+/m1/s1. The number of thioether (sulfide) groups is 1. The molecule has 1 heterocycles. The van der Waals surface area contributed by atoms with Crippen LogP contribution in [0.2, 0.25) is 0 Å². The highest BCUT2D eigenvalue weighted by Gasteiger charge is 2.32. The molecule has 1 aliphatic rings. The van der Waals surface area contributed by atoms with E-state index in [0.29, 0.717) is 12.2 Å². The van der Waals surface area contributed by atoms with Crippen molar-refractivity contribution >= 4 is 58.4 Å². The molecule has 0 unspecified atom stereocenters. The third kappa shape index (κ3) is 9.01. The van der Waals surface area contributed by atoms with Crippen molar-refractivity contribution in [2.45, 2.75) is 46.8 Å². The number of alkyl halides is 3. The Kier molecular flexibility index (Phi) is 11.1. The van der Waals surface area contributed by atoms with Gasteiger partial charge in [-0.3, -0.25) is 4.79 Å². The summed E-state index contributed by atoms with van der Waals surface area (Å²) in [7, 11) is 0. The van der Waals surface area contributed by atoms with Gasteiger partial charge in [0.15, 0.2) is 6.29 Å². The van der Waals surface area contributed by atoms with Gasteiger partial charge >= 0.3 is 5.97 Å². The smallest absolute Gasteiger partial charge is 0.335 e. The molecule has 3 N–H and O–H groups in total. The number of carboxylic acids is 1. The Morgan fingerprint density at radius 3 is 2.18 bits per heavy atom. The Bertz CT molecular complexity index is 1610. The summed E-state index contributed by atoms with van der Waals surface area (Å²) in [5.74, 6) is -0.997. The largest absolute Gasteiger partial charge is 0.478 e. The van der Waals surface area contributed by atoms with Crippen molar-refractivity contribution in [1.82, 2.24) is 5.32 Å². The van der Waals surface area contributed by atoms with Crippen molar-refractivity contribution in [3.63, 3.8) is 0 Å². The third-order valence-electron chi connectivity index (χ3n) is 7.31. The van der Waals surface area contributed by atoms with E-state index in [2.05, 4.69) is 5.32 Å². The zero-order valence-electron chi connectivity index (χ0n) is 23.9. The zero-order valence-corrected chi connectivity index (χ0v) is 27.0. The molecule has 0 spiro atoms. The van der Waals surface area contributed by atoms with Crippen molar-refractivity contribution in [3.8, 4) is 11.1 Å². The molecule has 3 atom stereocenters. The first-order valence-corrected chi connectivity index (χ1v) is 16.2. The number of amides is 1. The van der Waals surface area contributed by atoms with Crippen LogP contribution in [-0.2, 0) is 27.4 Å². The van der Waals surface area contributed by atoms with Gasteiger partial charge in [0.05, 0.1) is 24.4 Å². The molecule has 5 rings (SSSR count). The van der Waals surface area contributed by atoms with Gasteiger partial charge in [0.1, 0.15) is 0 Å². The van der Waals surface area contributed by atoms with Gasteiger partial charge in [-0.05, 0) is 58.1 Å². The summed E-state index contributed by atoms with van der Waals surface area (Å²) >= 11 is 18.6. The molecule has 1 saturated heterocycles. The normalized spacial score (nSPS) is 18.4. The first-order valence-electron chi connectivity index (χ1n) is 14.1. The number of rotatable bonds is 10. The van der Waals surface area contributed by atoms with Crippen LogP contribution in [0, 0.1) is 0 Å². The summed E-state index contributed by atoms with van der Waals surface area (Å²) in [4.78, 5) is 24.1.